The Hall–Kier alpha value is -2.94. The predicted octanol–water partition coefficient (Wildman–Crippen LogP) is 1.71. The van der Waals surface area contributed by atoms with Gasteiger partial charge < -0.3 is 4.90 Å². The van der Waals surface area contributed by atoms with Crippen molar-refractivity contribution in [3.8, 4) is 0 Å². The van der Waals surface area contributed by atoms with E-state index in [4.69, 9.17) is 0 Å². The Balaban J connectivity index is 1.53. The number of carbonyl (C=O) groups is 3. The van der Waals surface area contributed by atoms with Gasteiger partial charge in [0.15, 0.2) is 5.82 Å². The Labute approximate surface area is 181 Å². The van der Waals surface area contributed by atoms with Crippen molar-refractivity contribution in [3.63, 3.8) is 0 Å². The molecule has 0 unspecified atom stereocenters. The number of aryl methyl sites for hydroxylation is 1. The number of benzene rings is 1. The van der Waals surface area contributed by atoms with Crippen LogP contribution in [0.1, 0.15) is 32.8 Å². The number of anilines is 1. The third-order valence-electron chi connectivity index (χ3n) is 6.10. The molecule has 1 N–H and O–H groups in total. The average molecular weight is 427 g/mol. The number of nitrogens with zero attached hydrogens (tertiary/aromatic N) is 5. The summed E-state index contributed by atoms with van der Waals surface area (Å²) in [5, 5.41) is 7.81. The molecule has 1 aromatic heterocycles. The van der Waals surface area contributed by atoms with E-state index in [1.807, 2.05) is 31.9 Å². The summed E-state index contributed by atoms with van der Waals surface area (Å²) in [6, 6.07) is 5.94. The molecule has 0 saturated carbocycles. The fourth-order valence-electron chi connectivity index (χ4n) is 4.45. The summed E-state index contributed by atoms with van der Waals surface area (Å²) in [5.41, 5.74) is 2.07. The van der Waals surface area contributed by atoms with E-state index in [0.29, 0.717) is 12.4 Å². The highest BCUT2D eigenvalue weighted by Crippen LogP contribution is 2.28. The van der Waals surface area contributed by atoms with Crippen LogP contribution >= 0.6 is 0 Å². The largest absolute Gasteiger partial charge is 0.337 e. The number of hydrogen-bond acceptors (Lipinski definition) is 5. The molecule has 1 aromatic carbocycles. The summed E-state index contributed by atoms with van der Waals surface area (Å²) in [4.78, 5) is 42.1. The van der Waals surface area contributed by atoms with E-state index in [1.54, 1.807) is 4.68 Å². The fourth-order valence-corrected chi connectivity index (χ4v) is 4.45. The van der Waals surface area contributed by atoms with Crippen LogP contribution in [0.5, 0.6) is 0 Å². The first-order valence-electron chi connectivity index (χ1n) is 10.8. The molecule has 2 aliphatic rings. The van der Waals surface area contributed by atoms with Crippen molar-refractivity contribution in [2.75, 3.05) is 31.1 Å². The quantitative estimate of drug-likeness (QED) is 0.804. The smallest absolute Gasteiger partial charge is 0.329 e. The molecule has 1 atom stereocenters. The van der Waals surface area contributed by atoms with Crippen LogP contribution in [0.4, 0.5) is 10.6 Å². The molecule has 0 spiro atoms. The Morgan fingerprint density at radius 3 is 2.68 bits per heavy atom. The molecule has 2 aromatic rings. The fraction of sp³-hybridized carbons (Fsp3) is 0.545. The molecule has 9 heteroatoms. The minimum Gasteiger partial charge on any atom is -0.337 e. The number of carbonyl (C=O) groups excluding carboxylic acids is 3. The molecule has 2 fully saturated rings. The van der Waals surface area contributed by atoms with Gasteiger partial charge in [-0.1, -0.05) is 19.9 Å². The van der Waals surface area contributed by atoms with Crippen molar-refractivity contribution < 1.29 is 14.4 Å². The van der Waals surface area contributed by atoms with Gasteiger partial charge in [-0.15, -0.1) is 0 Å². The summed E-state index contributed by atoms with van der Waals surface area (Å²) in [6.07, 6.45) is 0.265. The zero-order valence-electron chi connectivity index (χ0n) is 18.6. The Morgan fingerprint density at radius 1 is 1.23 bits per heavy atom. The molecule has 0 bridgehead atoms. The van der Waals surface area contributed by atoms with Gasteiger partial charge in [0.05, 0.1) is 5.52 Å². The van der Waals surface area contributed by atoms with Crippen LogP contribution in [0.25, 0.3) is 10.9 Å². The lowest BCUT2D eigenvalue weighted by Crippen LogP contribution is -2.54. The van der Waals surface area contributed by atoms with E-state index in [1.165, 1.54) is 4.90 Å². The van der Waals surface area contributed by atoms with Crippen LogP contribution in [0.2, 0.25) is 0 Å². The maximum Gasteiger partial charge on any atom is 0.329 e. The molecule has 2 saturated heterocycles. The van der Waals surface area contributed by atoms with E-state index in [-0.39, 0.29) is 30.2 Å². The van der Waals surface area contributed by atoms with Gasteiger partial charge in [-0.25, -0.2) is 4.79 Å². The molecule has 3 heterocycles. The maximum absolute atomic E-state index is 12.4. The Kier molecular flexibility index (Phi) is 5.70. The normalized spacial score (nSPS) is 20.6. The lowest BCUT2D eigenvalue weighted by molar-refractivity contribution is -0.139. The van der Waals surface area contributed by atoms with Crippen LogP contribution in [0, 0.1) is 5.92 Å². The highest BCUT2D eigenvalue weighted by molar-refractivity contribution is 6.08. The van der Waals surface area contributed by atoms with Crippen LogP contribution in [0.3, 0.4) is 0 Å². The van der Waals surface area contributed by atoms with Gasteiger partial charge in [0.2, 0.25) is 11.8 Å². The number of rotatable bonds is 4. The van der Waals surface area contributed by atoms with Crippen molar-refractivity contribution in [2.24, 2.45) is 13.0 Å². The Morgan fingerprint density at radius 2 is 2.00 bits per heavy atom. The van der Waals surface area contributed by atoms with Crippen LogP contribution < -0.4 is 10.2 Å². The third-order valence-corrected chi connectivity index (χ3v) is 6.10. The first-order chi connectivity index (χ1) is 14.7. The molecular formula is C22H30N6O3. The van der Waals surface area contributed by atoms with E-state index < -0.39 is 6.03 Å². The van der Waals surface area contributed by atoms with E-state index in [2.05, 4.69) is 34.4 Å². The van der Waals surface area contributed by atoms with Gasteiger partial charge in [0.25, 0.3) is 0 Å². The van der Waals surface area contributed by atoms with Gasteiger partial charge in [-0.2, -0.15) is 5.10 Å². The lowest BCUT2D eigenvalue weighted by atomic mass is 10.1. The molecule has 166 valence electrons. The SMILES string of the molecule is CC(C)C(=O)N1CCN(Cc2ccc3c(c2)c(N2CCC(=O)NC2=O)nn3C)C[C@@H]1C. The van der Waals surface area contributed by atoms with Crippen LogP contribution in [-0.2, 0) is 23.2 Å². The molecule has 4 amide bonds. The lowest BCUT2D eigenvalue weighted by Gasteiger charge is -2.40. The van der Waals surface area contributed by atoms with Crippen molar-refractivity contribution >= 4 is 34.6 Å². The van der Waals surface area contributed by atoms with E-state index in [0.717, 1.165) is 42.6 Å². The number of fused-ring (bicyclic) bond motifs is 1. The second kappa shape index (κ2) is 8.30. The van der Waals surface area contributed by atoms with Gasteiger partial charge in [0, 0.05) is 63.5 Å². The van der Waals surface area contributed by atoms with Crippen molar-refractivity contribution in [1.82, 2.24) is 24.9 Å². The zero-order chi connectivity index (χ0) is 22.3. The second-order valence-electron chi connectivity index (χ2n) is 8.82. The summed E-state index contributed by atoms with van der Waals surface area (Å²) in [7, 11) is 1.85. The van der Waals surface area contributed by atoms with Gasteiger partial charge in [-0.05, 0) is 24.6 Å². The van der Waals surface area contributed by atoms with Crippen molar-refractivity contribution in [3.05, 3.63) is 23.8 Å². The molecule has 0 radical (unpaired) electrons. The van der Waals surface area contributed by atoms with Gasteiger partial charge >= 0.3 is 6.03 Å². The van der Waals surface area contributed by atoms with E-state index >= 15 is 0 Å². The van der Waals surface area contributed by atoms with Crippen molar-refractivity contribution in [2.45, 2.75) is 39.8 Å². The summed E-state index contributed by atoms with van der Waals surface area (Å²) < 4.78 is 1.76. The third kappa shape index (κ3) is 4.14. The number of aromatic nitrogens is 2. The zero-order valence-corrected chi connectivity index (χ0v) is 18.6. The second-order valence-corrected chi connectivity index (χ2v) is 8.82. The monoisotopic (exact) mass is 426 g/mol. The highest BCUT2D eigenvalue weighted by Gasteiger charge is 2.30. The standard InChI is InChI=1S/C22H30N6O3/c1-14(2)21(30)27-10-9-26(12-15(27)3)13-16-5-6-18-17(11-16)20(24-25(18)4)28-8-7-19(29)23-22(28)31/h5-6,11,14-15H,7-10,12-13H2,1-4H3,(H,23,29,31)/t15-/m0/s1. The molecule has 31 heavy (non-hydrogen) atoms. The summed E-state index contributed by atoms with van der Waals surface area (Å²) in [6.45, 7) is 9.48. The molecule has 0 aliphatic carbocycles. The first kappa shape index (κ1) is 21.3. The Bertz CT molecular complexity index is 1030. The first-order valence-corrected chi connectivity index (χ1v) is 10.8. The van der Waals surface area contributed by atoms with Gasteiger partial charge in [0.1, 0.15) is 0 Å². The number of piperazine rings is 1. The minimum atomic E-state index is -0.429. The molecule has 2 aliphatic heterocycles. The average Bonchev–Trinajstić information content (AvgIpc) is 3.03. The number of urea groups is 1. The highest BCUT2D eigenvalue weighted by atomic mass is 16.2. The maximum atomic E-state index is 12.4. The number of nitrogens with one attached hydrogen (secondary N) is 1. The molecular weight excluding hydrogens is 396 g/mol. The topological polar surface area (TPSA) is 90.8 Å². The van der Waals surface area contributed by atoms with E-state index in [9.17, 15) is 14.4 Å². The number of hydrogen-bond donors (Lipinski definition) is 1. The van der Waals surface area contributed by atoms with Gasteiger partial charge in [-0.3, -0.25) is 29.4 Å². The summed E-state index contributed by atoms with van der Waals surface area (Å²) >= 11 is 0. The predicted molar refractivity (Wildman–Crippen MR) is 118 cm³/mol. The van der Waals surface area contributed by atoms with Crippen molar-refractivity contribution in [1.29, 1.82) is 0 Å². The van der Waals surface area contributed by atoms with Crippen LogP contribution in [0.15, 0.2) is 18.2 Å². The van der Waals surface area contributed by atoms with Crippen LogP contribution in [-0.4, -0.2) is 69.6 Å². The summed E-state index contributed by atoms with van der Waals surface area (Å²) in [5.74, 6) is 0.547. The molecule has 9 nitrogen and oxygen atoms in total. The number of imide groups is 1. The number of amides is 4. The molecule has 4 rings (SSSR count). The minimum absolute atomic E-state index is 0.0164.